The second-order valence-electron chi connectivity index (χ2n) is 5.96. The topological polar surface area (TPSA) is 123 Å². The molecule has 0 saturated carbocycles. The molecule has 1 aromatic carbocycles. The van der Waals surface area contributed by atoms with Gasteiger partial charge in [-0.15, -0.1) is 0 Å². The molecule has 154 valence electrons. The van der Waals surface area contributed by atoms with E-state index < -0.39 is 11.9 Å². The molecular formula is C19H27N3O6. The van der Waals surface area contributed by atoms with Crippen molar-refractivity contribution in [2.24, 2.45) is 0 Å². The minimum atomic E-state index is -1.82. The number of carbonyl (C=O) groups is 2. The van der Waals surface area contributed by atoms with Gasteiger partial charge in [0.2, 0.25) is 0 Å². The number of aliphatic carboxylic acids is 2. The van der Waals surface area contributed by atoms with Crippen molar-refractivity contribution >= 4 is 11.9 Å². The summed E-state index contributed by atoms with van der Waals surface area (Å²) in [6.45, 7) is 10.7. The highest BCUT2D eigenvalue weighted by Gasteiger charge is 2.14. The Kier molecular flexibility index (Phi) is 11.3. The second-order valence-corrected chi connectivity index (χ2v) is 5.96. The smallest absolute Gasteiger partial charge is 0.414 e. The Labute approximate surface area is 164 Å². The van der Waals surface area contributed by atoms with Crippen LogP contribution < -0.4 is 4.74 Å². The zero-order valence-corrected chi connectivity index (χ0v) is 16.0. The molecule has 9 heteroatoms. The van der Waals surface area contributed by atoms with Crippen molar-refractivity contribution in [3.05, 3.63) is 29.8 Å². The number of carboxylic acid groups (broad SMARTS) is 2. The van der Waals surface area contributed by atoms with Crippen LogP contribution in [-0.2, 0) is 14.3 Å². The van der Waals surface area contributed by atoms with Gasteiger partial charge >= 0.3 is 11.9 Å². The van der Waals surface area contributed by atoms with Crippen molar-refractivity contribution in [3.63, 3.8) is 0 Å². The zero-order valence-electron chi connectivity index (χ0n) is 16.0. The number of benzene rings is 1. The second kappa shape index (κ2) is 13.5. The van der Waals surface area contributed by atoms with Gasteiger partial charge in [-0.1, -0.05) is 19.1 Å². The number of likely N-dealkylation sites (N-methyl/N-ethyl adjacent to an activating group) is 1. The number of hydrogen-bond acceptors (Lipinski definition) is 7. The van der Waals surface area contributed by atoms with E-state index in [1.807, 2.05) is 18.2 Å². The number of ether oxygens (including phenoxy) is 2. The number of para-hydroxylation sites is 1. The average molecular weight is 393 g/mol. The molecule has 9 nitrogen and oxygen atoms in total. The summed E-state index contributed by atoms with van der Waals surface area (Å²) in [7, 11) is 0. The number of nitrogens with zero attached hydrogens (tertiary/aromatic N) is 3. The SMILES string of the molecule is CCN1CCN(CCOCCOc2ccccc2C#N)CC1.O=C(O)C(=O)O. The van der Waals surface area contributed by atoms with Gasteiger partial charge in [0.15, 0.2) is 0 Å². The quantitative estimate of drug-likeness (QED) is 0.486. The summed E-state index contributed by atoms with van der Waals surface area (Å²) < 4.78 is 11.2. The van der Waals surface area contributed by atoms with Gasteiger partial charge in [-0.25, -0.2) is 9.59 Å². The van der Waals surface area contributed by atoms with E-state index >= 15 is 0 Å². The minimum Gasteiger partial charge on any atom is -0.490 e. The van der Waals surface area contributed by atoms with Crippen molar-refractivity contribution in [2.45, 2.75) is 6.92 Å². The normalized spacial score (nSPS) is 14.4. The lowest BCUT2D eigenvalue weighted by Gasteiger charge is -2.33. The van der Waals surface area contributed by atoms with Gasteiger partial charge in [0.05, 0.1) is 18.8 Å². The Hall–Kier alpha value is -2.67. The van der Waals surface area contributed by atoms with Crippen LogP contribution in [0.2, 0.25) is 0 Å². The monoisotopic (exact) mass is 393 g/mol. The lowest BCUT2D eigenvalue weighted by Crippen LogP contribution is -2.47. The molecule has 1 aliphatic rings. The van der Waals surface area contributed by atoms with Gasteiger partial charge in [0.25, 0.3) is 0 Å². The van der Waals surface area contributed by atoms with Crippen molar-refractivity contribution in [2.75, 3.05) is 59.1 Å². The molecule has 2 rings (SSSR count). The first-order valence-corrected chi connectivity index (χ1v) is 9.08. The molecule has 1 heterocycles. The van der Waals surface area contributed by atoms with Crippen molar-refractivity contribution < 1.29 is 29.3 Å². The van der Waals surface area contributed by atoms with E-state index in [9.17, 15) is 0 Å². The van der Waals surface area contributed by atoms with Crippen molar-refractivity contribution in [3.8, 4) is 11.8 Å². The third-order valence-electron chi connectivity index (χ3n) is 4.14. The summed E-state index contributed by atoms with van der Waals surface area (Å²) >= 11 is 0. The summed E-state index contributed by atoms with van der Waals surface area (Å²) in [5.74, 6) is -3.02. The van der Waals surface area contributed by atoms with Crippen molar-refractivity contribution in [1.82, 2.24) is 9.80 Å². The number of rotatable bonds is 8. The van der Waals surface area contributed by atoms with E-state index in [0.717, 1.165) is 45.9 Å². The van der Waals surface area contributed by atoms with Gasteiger partial charge < -0.3 is 24.6 Å². The zero-order chi connectivity index (χ0) is 20.8. The maximum absolute atomic E-state index is 9.10. The molecular weight excluding hydrogens is 366 g/mol. The van der Waals surface area contributed by atoms with E-state index in [1.165, 1.54) is 0 Å². The van der Waals surface area contributed by atoms with Gasteiger partial charge in [-0.2, -0.15) is 5.26 Å². The van der Waals surface area contributed by atoms with Gasteiger partial charge in [-0.05, 0) is 18.7 Å². The largest absolute Gasteiger partial charge is 0.490 e. The molecule has 0 atom stereocenters. The van der Waals surface area contributed by atoms with Crippen LogP contribution in [0, 0.1) is 11.3 Å². The minimum absolute atomic E-state index is 0.475. The predicted octanol–water partition coefficient (Wildman–Crippen LogP) is 0.747. The van der Waals surface area contributed by atoms with E-state index in [2.05, 4.69) is 22.8 Å². The summed E-state index contributed by atoms with van der Waals surface area (Å²) in [5, 5.41) is 23.8. The van der Waals surface area contributed by atoms with E-state index in [1.54, 1.807) is 6.07 Å². The lowest BCUT2D eigenvalue weighted by molar-refractivity contribution is -0.159. The molecule has 0 aromatic heterocycles. The molecule has 0 bridgehead atoms. The average Bonchev–Trinajstić information content (AvgIpc) is 2.71. The van der Waals surface area contributed by atoms with Crippen LogP contribution in [0.15, 0.2) is 24.3 Å². The molecule has 28 heavy (non-hydrogen) atoms. The maximum Gasteiger partial charge on any atom is 0.414 e. The van der Waals surface area contributed by atoms with Crippen LogP contribution >= 0.6 is 0 Å². The molecule has 2 N–H and O–H groups in total. The van der Waals surface area contributed by atoms with Crippen LogP contribution in [0.5, 0.6) is 5.75 Å². The number of hydrogen-bond donors (Lipinski definition) is 2. The Morgan fingerprint density at radius 1 is 1.04 bits per heavy atom. The van der Waals surface area contributed by atoms with Crippen LogP contribution in [0.3, 0.4) is 0 Å². The maximum atomic E-state index is 9.10. The molecule has 0 aliphatic carbocycles. The molecule has 1 fully saturated rings. The summed E-state index contributed by atoms with van der Waals surface area (Å²) in [5.41, 5.74) is 0.566. The Morgan fingerprint density at radius 3 is 2.21 bits per heavy atom. The van der Waals surface area contributed by atoms with Crippen molar-refractivity contribution in [1.29, 1.82) is 5.26 Å². The first-order chi connectivity index (χ1) is 13.5. The fourth-order valence-corrected chi connectivity index (χ4v) is 2.52. The Bertz CT molecular complexity index is 641. The van der Waals surface area contributed by atoms with Crippen LogP contribution in [0.4, 0.5) is 0 Å². The molecule has 0 unspecified atom stereocenters. The van der Waals surface area contributed by atoms with Crippen LogP contribution in [0.25, 0.3) is 0 Å². The first-order valence-electron chi connectivity index (χ1n) is 9.08. The third-order valence-corrected chi connectivity index (χ3v) is 4.14. The summed E-state index contributed by atoms with van der Waals surface area (Å²) in [6, 6.07) is 9.39. The van der Waals surface area contributed by atoms with Crippen LogP contribution in [-0.4, -0.2) is 91.0 Å². The number of carboxylic acids is 2. The predicted molar refractivity (Wildman–Crippen MR) is 101 cm³/mol. The standard InChI is InChI=1S/C17H25N3O2.C2H2O4/c1-2-19-7-9-20(10-8-19)11-12-21-13-14-22-17-6-4-3-5-16(17)15-18;3-1(4)2(5)6/h3-6H,2,7-14H2,1H3;(H,3,4)(H,5,6). The highest BCUT2D eigenvalue weighted by molar-refractivity contribution is 6.27. The number of piperazine rings is 1. The lowest BCUT2D eigenvalue weighted by atomic mass is 10.2. The highest BCUT2D eigenvalue weighted by atomic mass is 16.5. The van der Waals surface area contributed by atoms with Gasteiger partial charge in [0.1, 0.15) is 18.4 Å². The van der Waals surface area contributed by atoms with E-state index in [0.29, 0.717) is 24.5 Å². The molecule has 0 amide bonds. The fraction of sp³-hybridized carbons (Fsp3) is 0.526. The summed E-state index contributed by atoms with van der Waals surface area (Å²) in [4.78, 5) is 23.1. The van der Waals surface area contributed by atoms with Gasteiger partial charge in [-0.3, -0.25) is 4.90 Å². The van der Waals surface area contributed by atoms with Gasteiger partial charge in [0, 0.05) is 32.7 Å². The molecule has 1 aliphatic heterocycles. The van der Waals surface area contributed by atoms with E-state index in [4.69, 9.17) is 34.5 Å². The highest BCUT2D eigenvalue weighted by Crippen LogP contribution is 2.16. The first kappa shape index (κ1) is 23.4. The Morgan fingerprint density at radius 2 is 1.64 bits per heavy atom. The van der Waals surface area contributed by atoms with Crippen LogP contribution in [0.1, 0.15) is 12.5 Å². The molecule has 1 saturated heterocycles. The molecule has 0 radical (unpaired) electrons. The fourth-order valence-electron chi connectivity index (χ4n) is 2.52. The Balaban J connectivity index is 0.000000568. The molecule has 1 aromatic rings. The summed E-state index contributed by atoms with van der Waals surface area (Å²) in [6.07, 6.45) is 0. The third kappa shape index (κ3) is 9.32. The molecule has 0 spiro atoms. The van der Waals surface area contributed by atoms with E-state index in [-0.39, 0.29) is 0 Å². The number of nitriles is 1.